The van der Waals surface area contributed by atoms with Gasteiger partial charge < -0.3 is 9.80 Å². The van der Waals surface area contributed by atoms with Crippen LogP contribution in [0, 0.1) is 12.7 Å². The molecule has 0 atom stereocenters. The number of rotatable bonds is 7. The first-order valence-corrected chi connectivity index (χ1v) is 12.7. The number of nitrogens with zero attached hydrogens (tertiary/aromatic N) is 5. The average Bonchev–Trinajstić information content (AvgIpc) is 3.24. The summed E-state index contributed by atoms with van der Waals surface area (Å²) in [7, 11) is 0. The highest BCUT2D eigenvalue weighted by Crippen LogP contribution is 2.21. The van der Waals surface area contributed by atoms with Crippen molar-refractivity contribution in [1.82, 2.24) is 24.6 Å². The minimum absolute atomic E-state index is 0.0693. The van der Waals surface area contributed by atoms with Gasteiger partial charge in [-0.2, -0.15) is 5.10 Å². The fraction of sp³-hybridized carbons (Fsp3) is 0.464. The van der Waals surface area contributed by atoms with Crippen molar-refractivity contribution in [2.24, 2.45) is 0 Å². The first-order valence-electron chi connectivity index (χ1n) is 12.7. The Morgan fingerprint density at radius 2 is 1.94 bits per heavy atom. The van der Waals surface area contributed by atoms with Crippen LogP contribution < -0.4 is 0 Å². The van der Waals surface area contributed by atoms with E-state index in [2.05, 4.69) is 48.2 Å². The Kier molecular flexibility index (Phi) is 8.16. The van der Waals surface area contributed by atoms with Gasteiger partial charge in [0.05, 0.1) is 0 Å². The predicted octanol–water partition coefficient (Wildman–Crippen LogP) is 5.06. The maximum absolute atomic E-state index is 13.7. The molecule has 2 aromatic rings. The van der Waals surface area contributed by atoms with Gasteiger partial charge in [-0.1, -0.05) is 31.6 Å². The van der Waals surface area contributed by atoms with E-state index in [4.69, 9.17) is 4.98 Å². The number of aromatic nitrogens is 3. The second kappa shape index (κ2) is 11.5. The molecule has 1 aromatic heterocycles. The topological polar surface area (TPSA) is 54.3 Å². The quantitative estimate of drug-likeness (QED) is 0.559. The van der Waals surface area contributed by atoms with E-state index in [0.29, 0.717) is 24.5 Å². The van der Waals surface area contributed by atoms with Crippen LogP contribution in [0.5, 0.6) is 0 Å². The standard InChI is InChI=1S/C28H36FN5O/c1-4-5-11-26-30-28(23-12-13-25(29)22(3)19-23)31-34(26)20-27(35)33-16-14-32(15-17-33)24-10-8-6-7-9-21(2)18-24/h6-7,9,12-13,18-19H,4-5,8,10-11,14-17,20H2,1-3H3. The van der Waals surface area contributed by atoms with Gasteiger partial charge in [0.1, 0.15) is 18.2 Å². The van der Waals surface area contributed by atoms with Crippen molar-refractivity contribution in [3.8, 4) is 11.4 Å². The molecule has 186 valence electrons. The Hall–Kier alpha value is -3.22. The van der Waals surface area contributed by atoms with Gasteiger partial charge in [-0.05, 0) is 68.5 Å². The number of carbonyl (C=O) groups excluding carboxylic acids is 1. The molecule has 1 aromatic carbocycles. The Balaban J connectivity index is 1.43. The van der Waals surface area contributed by atoms with Gasteiger partial charge in [-0.3, -0.25) is 4.79 Å². The van der Waals surface area contributed by atoms with Crippen LogP contribution in [0.15, 0.2) is 53.8 Å². The average molecular weight is 478 g/mol. The van der Waals surface area contributed by atoms with Gasteiger partial charge in [0.25, 0.3) is 0 Å². The largest absolute Gasteiger partial charge is 0.371 e. The first-order chi connectivity index (χ1) is 16.9. The summed E-state index contributed by atoms with van der Waals surface area (Å²) in [5.41, 5.74) is 3.94. The van der Waals surface area contributed by atoms with Gasteiger partial charge in [-0.25, -0.2) is 14.1 Å². The summed E-state index contributed by atoms with van der Waals surface area (Å²) in [4.78, 5) is 22.3. The predicted molar refractivity (Wildman–Crippen MR) is 137 cm³/mol. The van der Waals surface area contributed by atoms with Crippen molar-refractivity contribution < 1.29 is 9.18 Å². The molecule has 4 rings (SSSR count). The summed E-state index contributed by atoms with van der Waals surface area (Å²) in [6.45, 7) is 9.28. The molecule has 0 bridgehead atoms. The van der Waals surface area contributed by atoms with Crippen molar-refractivity contribution in [1.29, 1.82) is 0 Å². The minimum atomic E-state index is -0.244. The van der Waals surface area contributed by atoms with E-state index in [1.165, 1.54) is 17.3 Å². The molecule has 0 saturated carbocycles. The summed E-state index contributed by atoms with van der Waals surface area (Å²) < 4.78 is 15.5. The van der Waals surface area contributed by atoms with Crippen molar-refractivity contribution in [2.75, 3.05) is 26.2 Å². The van der Waals surface area contributed by atoms with Crippen LogP contribution in [0.3, 0.4) is 0 Å². The van der Waals surface area contributed by atoms with Crippen LogP contribution in [-0.2, 0) is 17.8 Å². The van der Waals surface area contributed by atoms with Crippen molar-refractivity contribution in [2.45, 2.75) is 59.4 Å². The number of aryl methyl sites for hydroxylation is 2. The van der Waals surface area contributed by atoms with E-state index in [1.807, 2.05) is 4.90 Å². The number of halogens is 1. The molecule has 1 amide bonds. The molecule has 1 aliphatic carbocycles. The fourth-order valence-electron chi connectivity index (χ4n) is 4.58. The SMILES string of the molecule is CCCCc1nc(-c2ccc(F)c(C)c2)nn1CC(=O)N1CCN(C2=CC(C)=CC=CCC2)CC1. The number of allylic oxidation sites excluding steroid dienone is 6. The molecular weight excluding hydrogens is 441 g/mol. The number of carbonyl (C=O) groups is 1. The highest BCUT2D eigenvalue weighted by Gasteiger charge is 2.24. The van der Waals surface area contributed by atoms with Crippen molar-refractivity contribution in [3.05, 3.63) is 71.0 Å². The third-order valence-corrected chi connectivity index (χ3v) is 6.70. The third kappa shape index (κ3) is 6.27. The zero-order valence-corrected chi connectivity index (χ0v) is 21.1. The molecule has 0 unspecified atom stereocenters. The molecule has 1 saturated heterocycles. The smallest absolute Gasteiger partial charge is 0.244 e. The number of hydrogen-bond acceptors (Lipinski definition) is 4. The van der Waals surface area contributed by atoms with Crippen LogP contribution >= 0.6 is 0 Å². The summed E-state index contributed by atoms with van der Waals surface area (Å²) in [5, 5.41) is 4.66. The van der Waals surface area contributed by atoms with Crippen molar-refractivity contribution >= 4 is 5.91 Å². The van der Waals surface area contributed by atoms with E-state index in [9.17, 15) is 9.18 Å². The second-order valence-electron chi connectivity index (χ2n) is 9.46. The molecular formula is C28H36FN5O. The molecule has 6 nitrogen and oxygen atoms in total. The number of hydrogen-bond donors (Lipinski definition) is 0. The molecule has 1 fully saturated rings. The molecule has 1 aliphatic heterocycles. The van der Waals surface area contributed by atoms with Crippen molar-refractivity contribution in [3.63, 3.8) is 0 Å². The van der Waals surface area contributed by atoms with Crippen LogP contribution in [0.1, 0.15) is 50.9 Å². The fourth-order valence-corrected chi connectivity index (χ4v) is 4.58. The van der Waals surface area contributed by atoms with Gasteiger partial charge in [0.2, 0.25) is 5.91 Å². The Morgan fingerprint density at radius 1 is 1.14 bits per heavy atom. The minimum Gasteiger partial charge on any atom is -0.371 e. The van der Waals surface area contributed by atoms with Crippen LogP contribution in [0.2, 0.25) is 0 Å². The van der Waals surface area contributed by atoms with E-state index in [-0.39, 0.29) is 18.3 Å². The number of benzene rings is 1. The zero-order chi connectivity index (χ0) is 24.8. The highest BCUT2D eigenvalue weighted by atomic mass is 19.1. The van der Waals surface area contributed by atoms with E-state index < -0.39 is 0 Å². The number of unbranched alkanes of at least 4 members (excludes halogenated alkanes) is 1. The molecule has 35 heavy (non-hydrogen) atoms. The van der Waals surface area contributed by atoms with E-state index in [1.54, 1.807) is 23.7 Å². The molecule has 0 radical (unpaired) electrons. The van der Waals surface area contributed by atoms with Gasteiger partial charge >= 0.3 is 0 Å². The van der Waals surface area contributed by atoms with Crippen LogP contribution in [0.25, 0.3) is 11.4 Å². The summed E-state index contributed by atoms with van der Waals surface area (Å²) >= 11 is 0. The maximum Gasteiger partial charge on any atom is 0.244 e. The lowest BCUT2D eigenvalue weighted by Crippen LogP contribution is -2.49. The first kappa shape index (κ1) is 24.9. The Morgan fingerprint density at radius 3 is 2.69 bits per heavy atom. The number of amides is 1. The van der Waals surface area contributed by atoms with Crippen LogP contribution in [0.4, 0.5) is 4.39 Å². The Labute approximate surface area is 207 Å². The maximum atomic E-state index is 13.7. The molecule has 0 N–H and O–H groups in total. The summed E-state index contributed by atoms with van der Waals surface area (Å²) in [5.74, 6) is 1.18. The summed E-state index contributed by atoms with van der Waals surface area (Å²) in [6, 6.07) is 4.90. The van der Waals surface area contributed by atoms with Crippen LogP contribution in [-0.4, -0.2) is 56.7 Å². The van der Waals surface area contributed by atoms with E-state index >= 15 is 0 Å². The zero-order valence-electron chi connectivity index (χ0n) is 21.1. The normalized spacial score (nSPS) is 16.6. The van der Waals surface area contributed by atoms with E-state index in [0.717, 1.165) is 56.6 Å². The highest BCUT2D eigenvalue weighted by molar-refractivity contribution is 5.76. The lowest BCUT2D eigenvalue weighted by Gasteiger charge is -2.37. The Bertz CT molecular complexity index is 1140. The lowest BCUT2D eigenvalue weighted by molar-refractivity contribution is -0.133. The lowest BCUT2D eigenvalue weighted by atomic mass is 10.1. The monoisotopic (exact) mass is 477 g/mol. The molecule has 0 spiro atoms. The molecule has 2 aliphatic rings. The molecule has 7 heteroatoms. The summed E-state index contributed by atoms with van der Waals surface area (Å²) in [6.07, 6.45) is 13.6. The van der Waals surface area contributed by atoms with Gasteiger partial charge in [0.15, 0.2) is 5.82 Å². The third-order valence-electron chi connectivity index (χ3n) is 6.70. The molecule has 2 heterocycles. The van der Waals surface area contributed by atoms with Gasteiger partial charge in [0, 0.05) is 43.9 Å². The number of piperazine rings is 1. The second-order valence-corrected chi connectivity index (χ2v) is 9.46. The van der Waals surface area contributed by atoms with Gasteiger partial charge in [-0.15, -0.1) is 0 Å².